The van der Waals surface area contributed by atoms with Crippen LogP contribution in [0, 0.1) is 13.8 Å². The summed E-state index contributed by atoms with van der Waals surface area (Å²) in [4.78, 5) is 12.6. The molecule has 0 aliphatic carbocycles. The number of hydrazine groups is 1. The first-order valence-corrected chi connectivity index (χ1v) is 5.72. The lowest BCUT2D eigenvalue weighted by atomic mass is 10.3. The Labute approximate surface area is 105 Å². The molecular weight excluding hydrogens is 230 g/mol. The standard InChI is InChI=1S/C11H17N7/c1-8-10(15-9(2)16-11(8)17-12)14-4-6-18-5-3-13-7-18/h3,5,7H,4,6,12H2,1-2H3,(H2,14,15,16,17). The van der Waals surface area contributed by atoms with Gasteiger partial charge in [0.25, 0.3) is 0 Å². The number of nitrogens with zero attached hydrogens (tertiary/aromatic N) is 4. The molecule has 0 unspecified atom stereocenters. The smallest absolute Gasteiger partial charge is 0.148 e. The van der Waals surface area contributed by atoms with Gasteiger partial charge in [-0.05, 0) is 13.8 Å². The van der Waals surface area contributed by atoms with E-state index in [0.717, 1.165) is 24.5 Å². The number of aromatic nitrogens is 4. The lowest BCUT2D eigenvalue weighted by molar-refractivity contribution is 0.724. The molecule has 7 nitrogen and oxygen atoms in total. The highest BCUT2D eigenvalue weighted by Crippen LogP contribution is 2.18. The summed E-state index contributed by atoms with van der Waals surface area (Å²) in [6.45, 7) is 5.35. The molecule has 0 aliphatic rings. The number of nitrogens with two attached hydrogens (primary N) is 1. The molecule has 0 aromatic carbocycles. The van der Waals surface area contributed by atoms with E-state index in [0.29, 0.717) is 11.6 Å². The Balaban J connectivity index is 2.02. The number of hydrogen-bond donors (Lipinski definition) is 3. The summed E-state index contributed by atoms with van der Waals surface area (Å²) >= 11 is 0. The summed E-state index contributed by atoms with van der Waals surface area (Å²) in [5.41, 5.74) is 3.48. The van der Waals surface area contributed by atoms with Crippen molar-refractivity contribution in [2.24, 2.45) is 5.84 Å². The Bertz CT molecular complexity index is 506. The maximum absolute atomic E-state index is 5.41. The lowest BCUT2D eigenvalue weighted by Gasteiger charge is -2.12. The largest absolute Gasteiger partial charge is 0.368 e. The van der Waals surface area contributed by atoms with Crippen LogP contribution in [0.3, 0.4) is 0 Å². The number of aryl methyl sites for hydroxylation is 1. The van der Waals surface area contributed by atoms with Gasteiger partial charge in [-0.1, -0.05) is 0 Å². The van der Waals surface area contributed by atoms with Crippen molar-refractivity contribution in [2.45, 2.75) is 20.4 Å². The minimum Gasteiger partial charge on any atom is -0.368 e. The zero-order chi connectivity index (χ0) is 13.0. The Morgan fingerprint density at radius 1 is 1.28 bits per heavy atom. The molecular formula is C11H17N7. The third kappa shape index (κ3) is 2.75. The van der Waals surface area contributed by atoms with Crippen molar-refractivity contribution in [3.63, 3.8) is 0 Å². The Hall–Kier alpha value is -2.15. The van der Waals surface area contributed by atoms with E-state index in [1.807, 2.05) is 24.6 Å². The van der Waals surface area contributed by atoms with E-state index in [9.17, 15) is 0 Å². The molecule has 2 aromatic rings. The van der Waals surface area contributed by atoms with Gasteiger partial charge in [0, 0.05) is 31.0 Å². The summed E-state index contributed by atoms with van der Waals surface area (Å²) < 4.78 is 2.00. The van der Waals surface area contributed by atoms with Crippen molar-refractivity contribution in [3.8, 4) is 0 Å². The van der Waals surface area contributed by atoms with Crippen LogP contribution < -0.4 is 16.6 Å². The quantitative estimate of drug-likeness (QED) is 0.531. The highest BCUT2D eigenvalue weighted by Gasteiger charge is 2.07. The van der Waals surface area contributed by atoms with E-state index in [-0.39, 0.29) is 0 Å². The zero-order valence-electron chi connectivity index (χ0n) is 10.5. The molecule has 4 N–H and O–H groups in total. The molecule has 2 aromatic heterocycles. The summed E-state index contributed by atoms with van der Waals surface area (Å²) in [7, 11) is 0. The van der Waals surface area contributed by atoms with Crippen LogP contribution in [0.4, 0.5) is 11.6 Å². The third-order valence-corrected chi connectivity index (χ3v) is 2.62. The molecule has 0 aliphatic heterocycles. The molecule has 2 rings (SSSR count). The second-order valence-corrected chi connectivity index (χ2v) is 3.96. The Morgan fingerprint density at radius 3 is 2.72 bits per heavy atom. The van der Waals surface area contributed by atoms with Gasteiger partial charge in [0.05, 0.1) is 6.33 Å². The average molecular weight is 247 g/mol. The predicted octanol–water partition coefficient (Wildman–Crippen LogP) is 0.688. The molecule has 2 heterocycles. The monoisotopic (exact) mass is 247 g/mol. The Morgan fingerprint density at radius 2 is 2.06 bits per heavy atom. The number of rotatable bonds is 5. The van der Waals surface area contributed by atoms with Crippen LogP contribution in [0.1, 0.15) is 11.4 Å². The molecule has 18 heavy (non-hydrogen) atoms. The van der Waals surface area contributed by atoms with Gasteiger partial charge < -0.3 is 15.3 Å². The molecule has 0 saturated carbocycles. The van der Waals surface area contributed by atoms with Crippen LogP contribution in [0.2, 0.25) is 0 Å². The Kier molecular flexibility index (Phi) is 3.73. The minimum atomic E-state index is 0.646. The van der Waals surface area contributed by atoms with Crippen LogP contribution in [0.25, 0.3) is 0 Å². The van der Waals surface area contributed by atoms with Gasteiger partial charge in [0.15, 0.2) is 0 Å². The van der Waals surface area contributed by atoms with E-state index in [4.69, 9.17) is 5.84 Å². The molecule has 96 valence electrons. The van der Waals surface area contributed by atoms with Crippen LogP contribution in [0.5, 0.6) is 0 Å². The molecule has 0 spiro atoms. The predicted molar refractivity (Wildman–Crippen MR) is 70.0 cm³/mol. The number of hydrogen-bond acceptors (Lipinski definition) is 6. The number of nitrogen functional groups attached to an aromatic ring is 1. The van der Waals surface area contributed by atoms with E-state index < -0.39 is 0 Å². The van der Waals surface area contributed by atoms with Crippen LogP contribution >= 0.6 is 0 Å². The molecule has 0 fully saturated rings. The highest BCUT2D eigenvalue weighted by atomic mass is 15.3. The fraction of sp³-hybridized carbons (Fsp3) is 0.364. The van der Waals surface area contributed by atoms with Crippen molar-refractivity contribution in [1.29, 1.82) is 0 Å². The molecule has 0 bridgehead atoms. The SMILES string of the molecule is Cc1nc(NN)c(C)c(NCCn2ccnc2)n1. The van der Waals surface area contributed by atoms with Crippen molar-refractivity contribution in [2.75, 3.05) is 17.3 Å². The average Bonchev–Trinajstić information content (AvgIpc) is 2.86. The number of nitrogens with one attached hydrogen (secondary N) is 2. The number of anilines is 2. The summed E-state index contributed by atoms with van der Waals surface area (Å²) in [6.07, 6.45) is 5.47. The van der Waals surface area contributed by atoms with Crippen LogP contribution in [-0.4, -0.2) is 26.1 Å². The first-order valence-electron chi connectivity index (χ1n) is 5.72. The van der Waals surface area contributed by atoms with Gasteiger partial charge in [-0.3, -0.25) is 0 Å². The van der Waals surface area contributed by atoms with Gasteiger partial charge in [0.1, 0.15) is 17.5 Å². The first kappa shape index (κ1) is 12.3. The van der Waals surface area contributed by atoms with Gasteiger partial charge in [0.2, 0.25) is 0 Å². The summed E-state index contributed by atoms with van der Waals surface area (Å²) in [5.74, 6) is 7.54. The molecule has 0 atom stereocenters. The zero-order valence-corrected chi connectivity index (χ0v) is 10.5. The lowest BCUT2D eigenvalue weighted by Crippen LogP contribution is -2.16. The topological polar surface area (TPSA) is 93.7 Å². The summed E-state index contributed by atoms with van der Waals surface area (Å²) in [6, 6.07) is 0. The van der Waals surface area contributed by atoms with E-state index in [1.165, 1.54) is 0 Å². The maximum atomic E-state index is 5.41. The van der Waals surface area contributed by atoms with E-state index in [1.54, 1.807) is 12.5 Å². The molecule has 0 radical (unpaired) electrons. The van der Waals surface area contributed by atoms with Crippen LogP contribution in [-0.2, 0) is 6.54 Å². The van der Waals surface area contributed by atoms with Gasteiger partial charge in [-0.2, -0.15) is 0 Å². The molecule has 0 saturated heterocycles. The third-order valence-electron chi connectivity index (χ3n) is 2.62. The molecule has 0 amide bonds. The minimum absolute atomic E-state index is 0.646. The second kappa shape index (κ2) is 5.46. The normalized spacial score (nSPS) is 10.4. The van der Waals surface area contributed by atoms with Gasteiger partial charge >= 0.3 is 0 Å². The fourth-order valence-electron chi connectivity index (χ4n) is 1.66. The second-order valence-electron chi connectivity index (χ2n) is 3.96. The van der Waals surface area contributed by atoms with Crippen molar-refractivity contribution in [1.82, 2.24) is 19.5 Å². The van der Waals surface area contributed by atoms with E-state index >= 15 is 0 Å². The van der Waals surface area contributed by atoms with Gasteiger partial charge in [-0.25, -0.2) is 20.8 Å². The highest BCUT2D eigenvalue weighted by molar-refractivity contribution is 5.56. The fourth-order valence-corrected chi connectivity index (χ4v) is 1.66. The maximum Gasteiger partial charge on any atom is 0.148 e. The van der Waals surface area contributed by atoms with Crippen molar-refractivity contribution >= 4 is 11.6 Å². The number of imidazole rings is 1. The van der Waals surface area contributed by atoms with Crippen LogP contribution in [0.15, 0.2) is 18.7 Å². The summed E-state index contributed by atoms with van der Waals surface area (Å²) in [5, 5.41) is 3.27. The molecule has 7 heteroatoms. The van der Waals surface area contributed by atoms with Crippen molar-refractivity contribution < 1.29 is 0 Å². The first-order chi connectivity index (χ1) is 8.70. The van der Waals surface area contributed by atoms with Crippen molar-refractivity contribution in [3.05, 3.63) is 30.1 Å². The van der Waals surface area contributed by atoms with Gasteiger partial charge in [-0.15, -0.1) is 0 Å². The van der Waals surface area contributed by atoms with E-state index in [2.05, 4.69) is 25.7 Å².